The number of morpholine rings is 1. The highest BCUT2D eigenvalue weighted by Crippen LogP contribution is 2.23. The Morgan fingerprint density at radius 2 is 1.52 bits per heavy atom. The first-order valence-electron chi connectivity index (χ1n) is 10.2. The molecule has 158 valence electrons. The third-order valence-electron chi connectivity index (χ3n) is 4.78. The molecule has 31 heavy (non-hydrogen) atoms. The Labute approximate surface area is 181 Å². The summed E-state index contributed by atoms with van der Waals surface area (Å²) in [5.41, 5.74) is 1.77. The van der Waals surface area contributed by atoms with Gasteiger partial charge in [-0.1, -0.05) is 18.2 Å². The number of carbonyl (C=O) groups excluding carboxylic acids is 1. The van der Waals surface area contributed by atoms with Crippen LogP contribution in [-0.2, 0) is 9.53 Å². The lowest BCUT2D eigenvalue weighted by Crippen LogP contribution is -2.42. The Hall–Kier alpha value is -3.64. The molecule has 0 aliphatic carbocycles. The molecule has 4 rings (SSSR count). The van der Waals surface area contributed by atoms with E-state index in [2.05, 4.69) is 4.99 Å². The molecule has 0 bridgehead atoms. The zero-order chi connectivity index (χ0) is 21.3. The maximum Gasteiger partial charge on any atom is 0.260 e. The molecule has 0 saturated carbocycles. The second-order valence-corrected chi connectivity index (χ2v) is 7.02. The minimum Gasteiger partial charge on any atom is -0.484 e. The zero-order valence-corrected chi connectivity index (χ0v) is 17.1. The Morgan fingerprint density at radius 1 is 0.871 bits per heavy atom. The number of amides is 1. The molecule has 0 unspecified atom stereocenters. The van der Waals surface area contributed by atoms with Gasteiger partial charge in [0.15, 0.2) is 6.61 Å². The summed E-state index contributed by atoms with van der Waals surface area (Å²) in [5, 5.41) is 0. The van der Waals surface area contributed by atoms with E-state index in [1.165, 1.54) is 0 Å². The predicted molar refractivity (Wildman–Crippen MR) is 120 cm³/mol. The maximum atomic E-state index is 12.1. The van der Waals surface area contributed by atoms with Crippen LogP contribution in [0, 0.1) is 0 Å². The highest BCUT2D eigenvalue weighted by molar-refractivity contribution is 5.82. The van der Waals surface area contributed by atoms with E-state index in [0.29, 0.717) is 32.1 Å². The van der Waals surface area contributed by atoms with E-state index in [4.69, 9.17) is 14.2 Å². The van der Waals surface area contributed by atoms with Crippen molar-refractivity contribution in [2.24, 2.45) is 4.99 Å². The van der Waals surface area contributed by atoms with Crippen molar-refractivity contribution in [3.05, 3.63) is 84.4 Å². The van der Waals surface area contributed by atoms with Gasteiger partial charge in [0, 0.05) is 19.3 Å². The van der Waals surface area contributed by atoms with Crippen LogP contribution in [0.4, 0.5) is 5.69 Å². The van der Waals surface area contributed by atoms with Crippen molar-refractivity contribution in [1.82, 2.24) is 4.90 Å². The van der Waals surface area contributed by atoms with E-state index in [1.807, 2.05) is 78.9 Å². The van der Waals surface area contributed by atoms with Gasteiger partial charge in [-0.15, -0.1) is 0 Å². The van der Waals surface area contributed by atoms with E-state index in [0.717, 1.165) is 22.7 Å². The molecule has 3 aromatic carbocycles. The van der Waals surface area contributed by atoms with Crippen molar-refractivity contribution in [1.29, 1.82) is 0 Å². The monoisotopic (exact) mass is 416 g/mol. The summed E-state index contributed by atoms with van der Waals surface area (Å²) in [5.74, 6) is 2.20. The summed E-state index contributed by atoms with van der Waals surface area (Å²) in [6, 6.07) is 24.7. The van der Waals surface area contributed by atoms with E-state index in [9.17, 15) is 4.79 Å². The minimum atomic E-state index is -0.0198. The molecule has 0 radical (unpaired) electrons. The van der Waals surface area contributed by atoms with Crippen LogP contribution in [0.2, 0.25) is 0 Å². The van der Waals surface area contributed by atoms with Gasteiger partial charge in [-0.3, -0.25) is 9.79 Å². The lowest BCUT2D eigenvalue weighted by atomic mass is 10.2. The molecule has 6 nitrogen and oxygen atoms in total. The minimum absolute atomic E-state index is 0.0198. The van der Waals surface area contributed by atoms with Crippen molar-refractivity contribution in [2.75, 3.05) is 32.9 Å². The molecular formula is C25H24N2O4. The number of para-hydroxylation sites is 1. The largest absolute Gasteiger partial charge is 0.484 e. The van der Waals surface area contributed by atoms with Gasteiger partial charge < -0.3 is 19.1 Å². The standard InChI is InChI=1S/C25H24N2O4/c28-25(27-14-16-29-17-15-27)19-30-22-10-6-20(7-11-22)18-26-21-8-12-24(13-9-21)31-23-4-2-1-3-5-23/h1-13,18H,14-17,19H2. The number of hydrogen-bond donors (Lipinski definition) is 0. The smallest absolute Gasteiger partial charge is 0.260 e. The lowest BCUT2D eigenvalue weighted by molar-refractivity contribution is -0.137. The summed E-state index contributed by atoms with van der Waals surface area (Å²) in [4.78, 5) is 18.4. The Balaban J connectivity index is 1.27. The van der Waals surface area contributed by atoms with E-state index >= 15 is 0 Å². The summed E-state index contributed by atoms with van der Waals surface area (Å²) in [6.07, 6.45) is 1.79. The summed E-state index contributed by atoms with van der Waals surface area (Å²) in [7, 11) is 0. The van der Waals surface area contributed by atoms with Crippen molar-refractivity contribution in [3.8, 4) is 17.2 Å². The topological polar surface area (TPSA) is 60.4 Å². The van der Waals surface area contributed by atoms with Crippen LogP contribution < -0.4 is 9.47 Å². The average Bonchev–Trinajstić information content (AvgIpc) is 2.84. The number of aliphatic imine (C=N–C) groups is 1. The first kappa shape index (κ1) is 20.6. The van der Waals surface area contributed by atoms with E-state index in [1.54, 1.807) is 11.1 Å². The van der Waals surface area contributed by atoms with Crippen molar-refractivity contribution < 1.29 is 19.0 Å². The van der Waals surface area contributed by atoms with Gasteiger partial charge in [0.2, 0.25) is 0 Å². The highest BCUT2D eigenvalue weighted by Gasteiger charge is 2.16. The van der Waals surface area contributed by atoms with Crippen molar-refractivity contribution in [3.63, 3.8) is 0 Å². The fourth-order valence-corrected chi connectivity index (χ4v) is 3.07. The number of nitrogens with zero attached hydrogens (tertiary/aromatic N) is 2. The zero-order valence-electron chi connectivity index (χ0n) is 17.1. The van der Waals surface area contributed by atoms with Crippen LogP contribution in [0.1, 0.15) is 5.56 Å². The molecule has 0 aromatic heterocycles. The van der Waals surface area contributed by atoms with Crippen LogP contribution in [0.5, 0.6) is 17.2 Å². The fraction of sp³-hybridized carbons (Fsp3) is 0.200. The van der Waals surface area contributed by atoms with Crippen molar-refractivity contribution >= 4 is 17.8 Å². The molecule has 0 spiro atoms. The maximum absolute atomic E-state index is 12.1. The first-order chi connectivity index (χ1) is 15.3. The van der Waals surface area contributed by atoms with Gasteiger partial charge in [0.1, 0.15) is 17.2 Å². The second-order valence-electron chi connectivity index (χ2n) is 7.02. The summed E-state index contributed by atoms with van der Waals surface area (Å²) < 4.78 is 16.7. The second kappa shape index (κ2) is 10.4. The number of ether oxygens (including phenoxy) is 3. The normalized spacial score (nSPS) is 13.9. The predicted octanol–water partition coefficient (Wildman–Crippen LogP) is 4.47. The lowest BCUT2D eigenvalue weighted by Gasteiger charge is -2.26. The van der Waals surface area contributed by atoms with Crippen LogP contribution in [0.25, 0.3) is 0 Å². The van der Waals surface area contributed by atoms with Gasteiger partial charge in [0.25, 0.3) is 5.91 Å². The van der Waals surface area contributed by atoms with Gasteiger partial charge >= 0.3 is 0 Å². The molecule has 0 atom stereocenters. The van der Waals surface area contributed by atoms with Crippen LogP contribution in [0.3, 0.4) is 0 Å². The van der Waals surface area contributed by atoms with Gasteiger partial charge in [-0.2, -0.15) is 0 Å². The molecule has 3 aromatic rings. The molecule has 1 aliphatic rings. The fourth-order valence-electron chi connectivity index (χ4n) is 3.07. The number of hydrogen-bond acceptors (Lipinski definition) is 5. The summed E-state index contributed by atoms with van der Waals surface area (Å²) >= 11 is 0. The third-order valence-corrected chi connectivity index (χ3v) is 4.78. The van der Waals surface area contributed by atoms with Gasteiger partial charge in [-0.05, 0) is 66.2 Å². The quantitative estimate of drug-likeness (QED) is 0.534. The molecule has 6 heteroatoms. The van der Waals surface area contributed by atoms with Crippen LogP contribution in [0.15, 0.2) is 83.9 Å². The molecule has 1 amide bonds. The van der Waals surface area contributed by atoms with Gasteiger partial charge in [0.05, 0.1) is 18.9 Å². The highest BCUT2D eigenvalue weighted by atomic mass is 16.5. The number of rotatable bonds is 7. The Morgan fingerprint density at radius 3 is 2.23 bits per heavy atom. The Kier molecular flexibility index (Phi) is 6.92. The molecule has 1 saturated heterocycles. The van der Waals surface area contributed by atoms with Crippen molar-refractivity contribution in [2.45, 2.75) is 0 Å². The average molecular weight is 416 g/mol. The number of carbonyl (C=O) groups is 1. The molecule has 1 heterocycles. The van der Waals surface area contributed by atoms with Crippen LogP contribution >= 0.6 is 0 Å². The molecule has 1 aliphatic heterocycles. The SMILES string of the molecule is O=C(COc1ccc(C=Nc2ccc(Oc3ccccc3)cc2)cc1)N1CCOCC1. The first-order valence-corrected chi connectivity index (χ1v) is 10.2. The molecule has 1 fully saturated rings. The Bertz CT molecular complexity index is 996. The number of benzene rings is 3. The molecular weight excluding hydrogens is 392 g/mol. The third kappa shape index (κ3) is 6.17. The van der Waals surface area contributed by atoms with E-state index in [-0.39, 0.29) is 12.5 Å². The van der Waals surface area contributed by atoms with Gasteiger partial charge in [-0.25, -0.2) is 0 Å². The molecule has 0 N–H and O–H groups in total. The van der Waals surface area contributed by atoms with Crippen LogP contribution in [-0.4, -0.2) is 49.9 Å². The van der Waals surface area contributed by atoms with E-state index < -0.39 is 0 Å². The summed E-state index contributed by atoms with van der Waals surface area (Å²) in [6.45, 7) is 2.45.